The van der Waals surface area contributed by atoms with Crippen LogP contribution in [0.15, 0.2) is 42.6 Å². The molecule has 6 nitrogen and oxygen atoms in total. The molecule has 3 aromatic rings. The third-order valence-electron chi connectivity index (χ3n) is 8.29. The van der Waals surface area contributed by atoms with Crippen molar-refractivity contribution >= 4 is 17.5 Å². The lowest BCUT2D eigenvalue weighted by atomic mass is 9.89. The van der Waals surface area contributed by atoms with E-state index in [-0.39, 0.29) is 5.97 Å². The van der Waals surface area contributed by atoms with E-state index in [1.165, 1.54) is 54.5 Å². The molecule has 9 heteroatoms. The van der Waals surface area contributed by atoms with Crippen LogP contribution >= 0.6 is 0 Å². The van der Waals surface area contributed by atoms with E-state index < -0.39 is 11.7 Å². The van der Waals surface area contributed by atoms with Gasteiger partial charge in [-0.25, -0.2) is 0 Å². The third kappa shape index (κ3) is 9.00. The van der Waals surface area contributed by atoms with Gasteiger partial charge in [-0.2, -0.15) is 18.3 Å². The minimum Gasteiger partial charge on any atom is -0.469 e. The van der Waals surface area contributed by atoms with Crippen molar-refractivity contribution in [3.05, 3.63) is 76.0 Å². The highest BCUT2D eigenvalue weighted by Crippen LogP contribution is 2.33. The minimum atomic E-state index is -4.35. The lowest BCUT2D eigenvalue weighted by Crippen LogP contribution is -2.29. The van der Waals surface area contributed by atoms with Crippen molar-refractivity contribution in [2.75, 3.05) is 36.5 Å². The predicted molar refractivity (Wildman–Crippen MR) is 166 cm³/mol. The van der Waals surface area contributed by atoms with E-state index in [4.69, 9.17) is 9.84 Å². The van der Waals surface area contributed by atoms with E-state index >= 15 is 0 Å². The van der Waals surface area contributed by atoms with Crippen LogP contribution in [0.3, 0.4) is 0 Å². The van der Waals surface area contributed by atoms with Crippen LogP contribution in [0.25, 0.3) is 0 Å². The number of carbonyl (C=O) groups excluding carboxylic acids is 1. The SMILES string of the molecule is CCN(CCCCC(=O)OC)c1cc2c(cc1CN(CCCc1cc(C)cc(C(F)(F)F)c1)c1ccn(C)n1)CCCC2. The predicted octanol–water partition coefficient (Wildman–Crippen LogP) is 7.44. The molecule has 1 aliphatic carbocycles. The number of unbranched alkanes of at least 4 members (excludes halogenated alkanes) is 1. The topological polar surface area (TPSA) is 50.6 Å². The zero-order chi connectivity index (χ0) is 31.0. The van der Waals surface area contributed by atoms with Crippen LogP contribution in [0.2, 0.25) is 0 Å². The lowest BCUT2D eigenvalue weighted by Gasteiger charge is -2.31. The van der Waals surface area contributed by atoms with Gasteiger partial charge in [-0.05, 0) is 106 Å². The summed E-state index contributed by atoms with van der Waals surface area (Å²) in [6.07, 6.45) is 5.45. The molecule has 0 radical (unpaired) electrons. The summed E-state index contributed by atoms with van der Waals surface area (Å²) in [5.41, 5.74) is 6.01. The average Bonchev–Trinajstić information content (AvgIpc) is 3.41. The maximum Gasteiger partial charge on any atom is 0.416 e. The highest BCUT2D eigenvalue weighted by atomic mass is 19.4. The van der Waals surface area contributed by atoms with Gasteiger partial charge < -0.3 is 14.5 Å². The van der Waals surface area contributed by atoms with Gasteiger partial charge in [0, 0.05) is 57.6 Å². The number of benzene rings is 2. The molecule has 0 spiro atoms. The van der Waals surface area contributed by atoms with Crippen LogP contribution in [-0.4, -0.2) is 42.5 Å². The zero-order valence-electron chi connectivity index (χ0n) is 26.0. The highest BCUT2D eigenvalue weighted by Gasteiger charge is 2.31. The van der Waals surface area contributed by atoms with Gasteiger partial charge in [0.15, 0.2) is 5.82 Å². The number of ether oxygens (including phenoxy) is 1. The van der Waals surface area contributed by atoms with Crippen LogP contribution in [0.5, 0.6) is 0 Å². The number of halogens is 3. The summed E-state index contributed by atoms with van der Waals surface area (Å²) < 4.78 is 46.9. The number of methoxy groups -OCH3 is 1. The number of fused-ring (bicyclic) bond motifs is 1. The summed E-state index contributed by atoms with van der Waals surface area (Å²) in [4.78, 5) is 16.3. The summed E-state index contributed by atoms with van der Waals surface area (Å²) in [6, 6.07) is 11.1. The third-order valence-corrected chi connectivity index (χ3v) is 8.29. The zero-order valence-corrected chi connectivity index (χ0v) is 26.0. The van der Waals surface area contributed by atoms with Crippen molar-refractivity contribution in [1.82, 2.24) is 9.78 Å². The van der Waals surface area contributed by atoms with Crippen molar-refractivity contribution in [3.8, 4) is 0 Å². The summed E-state index contributed by atoms with van der Waals surface area (Å²) in [5.74, 6) is 0.677. The molecule has 0 aliphatic heterocycles. The fourth-order valence-corrected chi connectivity index (χ4v) is 6.06. The Balaban J connectivity index is 1.56. The van der Waals surface area contributed by atoms with Crippen molar-refractivity contribution in [3.63, 3.8) is 0 Å². The van der Waals surface area contributed by atoms with Crippen LogP contribution in [-0.2, 0) is 48.6 Å². The Morgan fingerprint density at radius 1 is 1.00 bits per heavy atom. The summed E-state index contributed by atoms with van der Waals surface area (Å²) >= 11 is 0. The minimum absolute atomic E-state index is 0.177. The normalized spacial score (nSPS) is 13.1. The maximum atomic E-state index is 13.4. The van der Waals surface area contributed by atoms with Gasteiger partial charge in [-0.3, -0.25) is 9.48 Å². The Labute approximate surface area is 253 Å². The standard InChI is InChI=1S/C34H45F3N4O2/c1-5-40(16-9-8-14-33(42)43-4)31-23-28-13-7-6-12-27(28)22-29(31)24-41(32-15-18-39(3)38-32)17-10-11-26-19-25(2)20-30(21-26)34(35,36)37/h15,18-23H,5-14,16-17,24H2,1-4H3. The summed E-state index contributed by atoms with van der Waals surface area (Å²) in [5, 5.41) is 4.70. The molecule has 234 valence electrons. The number of aromatic nitrogens is 2. The fraction of sp³-hybridized carbons (Fsp3) is 0.529. The molecule has 1 heterocycles. The van der Waals surface area contributed by atoms with E-state index in [9.17, 15) is 18.0 Å². The lowest BCUT2D eigenvalue weighted by molar-refractivity contribution is -0.140. The Hall–Kier alpha value is -3.49. The van der Waals surface area contributed by atoms with Crippen molar-refractivity contribution in [1.29, 1.82) is 0 Å². The molecule has 2 aromatic carbocycles. The molecule has 0 atom stereocenters. The highest BCUT2D eigenvalue weighted by molar-refractivity contribution is 5.69. The fourth-order valence-electron chi connectivity index (χ4n) is 6.06. The van der Waals surface area contributed by atoms with E-state index in [2.05, 4.69) is 28.9 Å². The van der Waals surface area contributed by atoms with E-state index in [1.54, 1.807) is 11.6 Å². The molecule has 0 N–H and O–H groups in total. The number of nitrogens with zero attached hydrogens (tertiary/aromatic N) is 4. The Bertz CT molecular complexity index is 1370. The largest absolute Gasteiger partial charge is 0.469 e. The van der Waals surface area contributed by atoms with E-state index in [0.717, 1.165) is 44.6 Å². The van der Waals surface area contributed by atoms with Crippen LogP contribution in [0, 0.1) is 6.92 Å². The molecule has 43 heavy (non-hydrogen) atoms. The number of carbonyl (C=O) groups is 1. The number of hydrogen-bond acceptors (Lipinski definition) is 5. The quantitative estimate of drug-likeness (QED) is 0.143. The van der Waals surface area contributed by atoms with Gasteiger partial charge in [-0.15, -0.1) is 0 Å². The first-order chi connectivity index (χ1) is 20.6. The Morgan fingerprint density at radius 3 is 2.37 bits per heavy atom. The van der Waals surface area contributed by atoms with Gasteiger partial charge in [0.1, 0.15) is 0 Å². The Kier molecular flexibility index (Phi) is 11.2. The summed E-state index contributed by atoms with van der Waals surface area (Å²) in [6.45, 7) is 6.89. The molecule has 0 saturated heterocycles. The number of hydrogen-bond donors (Lipinski definition) is 0. The second kappa shape index (κ2) is 14.8. The number of alkyl halides is 3. The summed E-state index contributed by atoms with van der Waals surface area (Å²) in [7, 11) is 3.32. The Morgan fingerprint density at radius 2 is 1.72 bits per heavy atom. The van der Waals surface area contributed by atoms with Gasteiger partial charge in [-0.1, -0.05) is 17.7 Å². The molecular weight excluding hydrogens is 553 g/mol. The van der Waals surface area contributed by atoms with Gasteiger partial charge in [0.2, 0.25) is 0 Å². The van der Waals surface area contributed by atoms with Crippen LogP contribution < -0.4 is 9.80 Å². The first-order valence-electron chi connectivity index (χ1n) is 15.5. The molecule has 0 amide bonds. The van der Waals surface area contributed by atoms with Crippen LogP contribution in [0.1, 0.15) is 78.8 Å². The van der Waals surface area contributed by atoms with Crippen molar-refractivity contribution < 1.29 is 22.7 Å². The van der Waals surface area contributed by atoms with Gasteiger partial charge in [0.25, 0.3) is 0 Å². The maximum absolute atomic E-state index is 13.4. The first-order valence-corrected chi connectivity index (χ1v) is 15.5. The van der Waals surface area contributed by atoms with Crippen molar-refractivity contribution in [2.24, 2.45) is 7.05 Å². The van der Waals surface area contributed by atoms with E-state index in [0.29, 0.717) is 43.5 Å². The molecule has 4 rings (SSSR count). The average molecular weight is 599 g/mol. The molecular formula is C34H45F3N4O2. The molecule has 1 aromatic heterocycles. The first kappa shape index (κ1) is 32.4. The van der Waals surface area contributed by atoms with Gasteiger partial charge in [0.05, 0.1) is 12.7 Å². The number of anilines is 2. The van der Waals surface area contributed by atoms with E-state index in [1.807, 2.05) is 25.4 Å². The smallest absolute Gasteiger partial charge is 0.416 e. The second-order valence-corrected chi connectivity index (χ2v) is 11.6. The molecule has 1 aliphatic rings. The monoisotopic (exact) mass is 598 g/mol. The molecule has 0 fully saturated rings. The molecule has 0 unspecified atom stereocenters. The van der Waals surface area contributed by atoms with Gasteiger partial charge >= 0.3 is 12.1 Å². The molecule has 0 bridgehead atoms. The number of rotatable bonds is 14. The molecule has 0 saturated carbocycles. The second-order valence-electron chi connectivity index (χ2n) is 11.6. The number of esters is 1. The van der Waals surface area contributed by atoms with Crippen LogP contribution in [0.4, 0.5) is 24.7 Å². The number of aryl methyl sites for hydroxylation is 5. The van der Waals surface area contributed by atoms with Crippen molar-refractivity contribution in [2.45, 2.75) is 84.4 Å².